The van der Waals surface area contributed by atoms with E-state index in [1.54, 1.807) is 12.3 Å². The summed E-state index contributed by atoms with van der Waals surface area (Å²) in [6.07, 6.45) is 4.69. The number of hydrogen-bond acceptors (Lipinski definition) is 3. The monoisotopic (exact) mass is 221 g/mol. The van der Waals surface area contributed by atoms with Gasteiger partial charge in [0.05, 0.1) is 0 Å². The third kappa shape index (κ3) is 2.07. The Labute approximate surface area is 94.8 Å². The third-order valence-electron chi connectivity index (χ3n) is 2.91. The van der Waals surface area contributed by atoms with Crippen molar-refractivity contribution < 1.29 is 4.39 Å². The van der Waals surface area contributed by atoms with Crippen LogP contribution in [-0.2, 0) is 6.54 Å². The van der Waals surface area contributed by atoms with Gasteiger partial charge in [-0.3, -0.25) is 0 Å². The van der Waals surface area contributed by atoms with Crippen molar-refractivity contribution in [2.45, 2.75) is 19.9 Å². The van der Waals surface area contributed by atoms with Gasteiger partial charge in [0, 0.05) is 31.4 Å². The smallest absolute Gasteiger partial charge is 0.170 e. The number of rotatable bonds is 2. The van der Waals surface area contributed by atoms with Gasteiger partial charge in [0.1, 0.15) is 0 Å². The van der Waals surface area contributed by atoms with Crippen molar-refractivity contribution in [3.05, 3.63) is 35.3 Å². The summed E-state index contributed by atoms with van der Waals surface area (Å²) in [5.41, 5.74) is 7.35. The SMILES string of the molecule is CC1=CCN(c2nccc(CN)c2F)CC1. The molecule has 1 aromatic heterocycles. The van der Waals surface area contributed by atoms with E-state index in [1.807, 2.05) is 4.90 Å². The molecule has 0 amide bonds. The summed E-state index contributed by atoms with van der Waals surface area (Å²) in [6, 6.07) is 1.63. The molecule has 0 saturated heterocycles. The first-order valence-corrected chi connectivity index (χ1v) is 5.46. The molecule has 0 radical (unpaired) electrons. The van der Waals surface area contributed by atoms with Crippen LogP contribution >= 0.6 is 0 Å². The molecule has 16 heavy (non-hydrogen) atoms. The van der Waals surface area contributed by atoms with Crippen LogP contribution in [0, 0.1) is 5.82 Å². The fourth-order valence-electron chi connectivity index (χ4n) is 1.81. The van der Waals surface area contributed by atoms with E-state index in [4.69, 9.17) is 5.73 Å². The van der Waals surface area contributed by atoms with Crippen molar-refractivity contribution in [3.63, 3.8) is 0 Å². The van der Waals surface area contributed by atoms with Gasteiger partial charge in [-0.1, -0.05) is 11.6 Å². The van der Waals surface area contributed by atoms with Crippen LogP contribution in [-0.4, -0.2) is 18.1 Å². The highest BCUT2D eigenvalue weighted by atomic mass is 19.1. The molecule has 0 spiro atoms. The number of anilines is 1. The van der Waals surface area contributed by atoms with E-state index in [2.05, 4.69) is 18.0 Å². The largest absolute Gasteiger partial charge is 0.350 e. The molecular weight excluding hydrogens is 205 g/mol. The molecule has 1 aliphatic rings. The maximum atomic E-state index is 13.9. The third-order valence-corrected chi connectivity index (χ3v) is 2.91. The average Bonchev–Trinajstić information content (AvgIpc) is 2.31. The van der Waals surface area contributed by atoms with Crippen molar-refractivity contribution in [2.75, 3.05) is 18.0 Å². The number of nitrogens with zero attached hydrogens (tertiary/aromatic N) is 2. The van der Waals surface area contributed by atoms with Gasteiger partial charge in [-0.05, 0) is 19.4 Å². The molecule has 2 N–H and O–H groups in total. The minimum absolute atomic E-state index is 0.212. The molecule has 86 valence electrons. The second-order valence-corrected chi connectivity index (χ2v) is 4.06. The Morgan fingerprint density at radius 2 is 2.38 bits per heavy atom. The second kappa shape index (κ2) is 4.61. The summed E-state index contributed by atoms with van der Waals surface area (Å²) >= 11 is 0. The molecule has 3 nitrogen and oxygen atoms in total. The fraction of sp³-hybridized carbons (Fsp3) is 0.417. The highest BCUT2D eigenvalue weighted by Gasteiger charge is 2.17. The van der Waals surface area contributed by atoms with Gasteiger partial charge >= 0.3 is 0 Å². The molecule has 0 bridgehead atoms. The van der Waals surface area contributed by atoms with E-state index in [1.165, 1.54) is 5.57 Å². The molecule has 2 rings (SSSR count). The lowest BCUT2D eigenvalue weighted by Gasteiger charge is -2.27. The topological polar surface area (TPSA) is 42.2 Å². The zero-order chi connectivity index (χ0) is 11.5. The molecule has 0 aliphatic carbocycles. The summed E-state index contributed by atoms with van der Waals surface area (Å²) in [5, 5.41) is 0. The van der Waals surface area contributed by atoms with Crippen LogP contribution in [0.2, 0.25) is 0 Å². The van der Waals surface area contributed by atoms with Crippen LogP contribution in [0.25, 0.3) is 0 Å². The molecule has 2 heterocycles. The van der Waals surface area contributed by atoms with Crippen LogP contribution in [0.3, 0.4) is 0 Å². The number of nitrogens with two attached hydrogens (primary N) is 1. The Hall–Kier alpha value is -1.42. The quantitative estimate of drug-likeness (QED) is 0.775. The predicted molar refractivity (Wildman–Crippen MR) is 62.7 cm³/mol. The molecule has 1 aliphatic heterocycles. The minimum atomic E-state index is -0.280. The Morgan fingerprint density at radius 3 is 3.00 bits per heavy atom. The van der Waals surface area contributed by atoms with E-state index >= 15 is 0 Å². The van der Waals surface area contributed by atoms with E-state index in [0.29, 0.717) is 11.4 Å². The lowest BCUT2D eigenvalue weighted by Crippen LogP contribution is -2.30. The summed E-state index contributed by atoms with van der Waals surface area (Å²) < 4.78 is 13.9. The second-order valence-electron chi connectivity index (χ2n) is 4.06. The Morgan fingerprint density at radius 1 is 1.56 bits per heavy atom. The van der Waals surface area contributed by atoms with Crippen LogP contribution in [0.1, 0.15) is 18.9 Å². The van der Waals surface area contributed by atoms with Crippen LogP contribution in [0.15, 0.2) is 23.9 Å². The summed E-state index contributed by atoms with van der Waals surface area (Å²) in [4.78, 5) is 6.05. The summed E-state index contributed by atoms with van der Waals surface area (Å²) in [5.74, 6) is 0.143. The zero-order valence-electron chi connectivity index (χ0n) is 9.41. The lowest BCUT2D eigenvalue weighted by atomic mass is 10.1. The lowest BCUT2D eigenvalue weighted by molar-refractivity contribution is 0.593. The maximum absolute atomic E-state index is 13.9. The van der Waals surface area contributed by atoms with Gasteiger partial charge < -0.3 is 10.6 Å². The molecule has 0 atom stereocenters. The van der Waals surface area contributed by atoms with Crippen molar-refractivity contribution in [2.24, 2.45) is 5.73 Å². The van der Waals surface area contributed by atoms with Crippen LogP contribution < -0.4 is 10.6 Å². The average molecular weight is 221 g/mol. The van der Waals surface area contributed by atoms with E-state index < -0.39 is 0 Å². The van der Waals surface area contributed by atoms with Crippen molar-refractivity contribution >= 4 is 5.82 Å². The fourth-order valence-corrected chi connectivity index (χ4v) is 1.81. The molecule has 0 fully saturated rings. The Balaban J connectivity index is 2.27. The van der Waals surface area contributed by atoms with Crippen LogP contribution in [0.4, 0.5) is 10.2 Å². The summed E-state index contributed by atoms with van der Waals surface area (Å²) in [7, 11) is 0. The van der Waals surface area contributed by atoms with Gasteiger partial charge in [0.2, 0.25) is 0 Å². The number of pyridine rings is 1. The first-order chi connectivity index (χ1) is 7.72. The van der Waals surface area contributed by atoms with Crippen molar-refractivity contribution in [1.82, 2.24) is 4.98 Å². The van der Waals surface area contributed by atoms with Gasteiger partial charge in [0.25, 0.3) is 0 Å². The molecule has 1 aromatic rings. The number of aromatic nitrogens is 1. The molecular formula is C12H16FN3. The summed E-state index contributed by atoms with van der Waals surface area (Å²) in [6.45, 7) is 3.85. The van der Waals surface area contributed by atoms with Crippen molar-refractivity contribution in [1.29, 1.82) is 0 Å². The van der Waals surface area contributed by atoms with Crippen LogP contribution in [0.5, 0.6) is 0 Å². The molecule has 4 heteroatoms. The molecule has 0 aromatic carbocycles. The zero-order valence-corrected chi connectivity index (χ0v) is 9.41. The number of hydrogen-bond donors (Lipinski definition) is 1. The standard InChI is InChI=1S/C12H16FN3/c1-9-3-6-16(7-4-9)12-11(13)10(8-14)2-5-15-12/h2-3,5H,4,6-8,14H2,1H3. The number of halogens is 1. The highest BCUT2D eigenvalue weighted by Crippen LogP contribution is 2.22. The normalized spacial score (nSPS) is 16.2. The van der Waals surface area contributed by atoms with E-state index in [9.17, 15) is 4.39 Å². The van der Waals surface area contributed by atoms with Gasteiger partial charge in [0.15, 0.2) is 11.6 Å². The highest BCUT2D eigenvalue weighted by molar-refractivity contribution is 5.45. The minimum Gasteiger partial charge on any atom is -0.350 e. The van der Waals surface area contributed by atoms with Gasteiger partial charge in [-0.2, -0.15) is 0 Å². The van der Waals surface area contributed by atoms with E-state index in [0.717, 1.165) is 19.5 Å². The molecule has 0 unspecified atom stereocenters. The Kier molecular flexibility index (Phi) is 3.19. The molecule has 0 saturated carbocycles. The van der Waals surface area contributed by atoms with Gasteiger partial charge in [-0.25, -0.2) is 9.37 Å². The predicted octanol–water partition coefficient (Wildman–Crippen LogP) is 1.84. The maximum Gasteiger partial charge on any atom is 0.170 e. The van der Waals surface area contributed by atoms with Gasteiger partial charge in [-0.15, -0.1) is 0 Å². The Bertz CT molecular complexity index is 415. The first kappa shape index (κ1) is 11.1. The van der Waals surface area contributed by atoms with Crippen molar-refractivity contribution in [3.8, 4) is 0 Å². The van der Waals surface area contributed by atoms with E-state index in [-0.39, 0.29) is 12.4 Å². The first-order valence-electron chi connectivity index (χ1n) is 5.46.